The van der Waals surface area contributed by atoms with Crippen LogP contribution in [-0.2, 0) is 20.9 Å². The number of aromatic nitrogens is 3. The molecule has 0 unspecified atom stereocenters. The van der Waals surface area contributed by atoms with Crippen molar-refractivity contribution in [3.05, 3.63) is 96.4 Å². The molecule has 11 heteroatoms. The minimum atomic E-state index is -0.625. The van der Waals surface area contributed by atoms with E-state index in [1.54, 1.807) is 4.90 Å². The highest BCUT2D eigenvalue weighted by molar-refractivity contribution is 5.99. The van der Waals surface area contributed by atoms with Gasteiger partial charge in [0.25, 0.3) is 0 Å². The zero-order valence-corrected chi connectivity index (χ0v) is 28.6. The summed E-state index contributed by atoms with van der Waals surface area (Å²) in [6.07, 6.45) is 4.09. The summed E-state index contributed by atoms with van der Waals surface area (Å²) in [4.78, 5) is 53.7. The van der Waals surface area contributed by atoms with Gasteiger partial charge in [0.2, 0.25) is 5.91 Å². The van der Waals surface area contributed by atoms with Gasteiger partial charge in [0.05, 0.1) is 17.9 Å². The van der Waals surface area contributed by atoms with E-state index < -0.39 is 17.7 Å². The number of likely N-dealkylation sites (tertiary alicyclic amines) is 2. The molecule has 5 aromatic rings. The van der Waals surface area contributed by atoms with Gasteiger partial charge < -0.3 is 24.8 Å². The number of fused-ring (bicyclic) bond motifs is 1. The van der Waals surface area contributed by atoms with Gasteiger partial charge in [-0.05, 0) is 87.4 Å². The summed E-state index contributed by atoms with van der Waals surface area (Å²) < 4.78 is 11.1. The van der Waals surface area contributed by atoms with E-state index in [9.17, 15) is 14.4 Å². The molecule has 3 aromatic carbocycles. The first-order chi connectivity index (χ1) is 24.1. The van der Waals surface area contributed by atoms with E-state index in [-0.39, 0.29) is 24.6 Å². The quantitative estimate of drug-likeness (QED) is 0.160. The lowest BCUT2D eigenvalue weighted by Gasteiger charge is -2.28. The standard InChI is InChI=1S/C39H42N6O5/c1-39(2,3)50-38(48)45-20-8-12-34(45)36(46)41-29-17-18-30-28(21-29)22-31(42-30)26-13-15-27(16-14-26)32-23-40-35(43-32)33-11-7-19-44(33)37(47)49-24-25-9-5-4-6-10-25/h4-6,9-10,13-18,21-23,33-34,42H,7-8,11-12,19-20,24H2,1-3H3,(H,40,43)(H,41,46)/t33-,34-/m0/s1. The molecule has 0 radical (unpaired) electrons. The Kier molecular flexibility index (Phi) is 9.05. The molecule has 2 fully saturated rings. The summed E-state index contributed by atoms with van der Waals surface area (Å²) >= 11 is 0. The van der Waals surface area contributed by atoms with Crippen LogP contribution in [0.4, 0.5) is 15.3 Å². The van der Waals surface area contributed by atoms with Crippen LogP contribution in [0, 0.1) is 0 Å². The Morgan fingerprint density at radius 3 is 2.32 bits per heavy atom. The summed E-state index contributed by atoms with van der Waals surface area (Å²) in [6.45, 7) is 6.83. The second-order valence-electron chi connectivity index (χ2n) is 14.0. The van der Waals surface area contributed by atoms with Crippen molar-refractivity contribution in [2.24, 2.45) is 0 Å². The van der Waals surface area contributed by atoms with Crippen molar-refractivity contribution in [1.82, 2.24) is 24.8 Å². The fraction of sp³-hybridized carbons (Fsp3) is 0.333. The molecule has 2 saturated heterocycles. The Hall–Kier alpha value is -5.58. The van der Waals surface area contributed by atoms with Crippen molar-refractivity contribution >= 4 is 34.7 Å². The van der Waals surface area contributed by atoms with E-state index in [1.165, 1.54) is 4.90 Å². The zero-order chi connectivity index (χ0) is 34.8. The number of nitrogens with zero attached hydrogens (tertiary/aromatic N) is 3. The molecule has 2 aliphatic heterocycles. The Balaban J connectivity index is 0.992. The molecule has 0 spiro atoms. The molecule has 0 bridgehead atoms. The predicted molar refractivity (Wildman–Crippen MR) is 191 cm³/mol. The largest absolute Gasteiger partial charge is 0.445 e. The Bertz CT molecular complexity index is 1990. The van der Waals surface area contributed by atoms with E-state index >= 15 is 0 Å². The number of carbonyl (C=O) groups excluding carboxylic acids is 3. The van der Waals surface area contributed by atoms with Crippen LogP contribution < -0.4 is 5.32 Å². The number of aromatic amines is 2. The van der Waals surface area contributed by atoms with Crippen molar-refractivity contribution in [2.75, 3.05) is 18.4 Å². The highest BCUT2D eigenvalue weighted by Crippen LogP contribution is 2.33. The average Bonchev–Trinajstić information content (AvgIpc) is 3.92. The monoisotopic (exact) mass is 674 g/mol. The maximum absolute atomic E-state index is 13.2. The molecule has 7 rings (SSSR count). The molecule has 2 atom stereocenters. The minimum Gasteiger partial charge on any atom is -0.445 e. The average molecular weight is 675 g/mol. The third-order valence-corrected chi connectivity index (χ3v) is 9.18. The first kappa shape index (κ1) is 32.9. The maximum atomic E-state index is 13.2. The third-order valence-electron chi connectivity index (χ3n) is 9.18. The van der Waals surface area contributed by atoms with E-state index in [2.05, 4.69) is 38.5 Å². The van der Waals surface area contributed by atoms with Gasteiger partial charge in [-0.3, -0.25) is 14.6 Å². The lowest BCUT2D eigenvalue weighted by atomic mass is 10.1. The van der Waals surface area contributed by atoms with E-state index in [0.717, 1.165) is 64.1 Å². The van der Waals surface area contributed by atoms with Gasteiger partial charge >= 0.3 is 12.2 Å². The molecule has 50 heavy (non-hydrogen) atoms. The summed E-state index contributed by atoms with van der Waals surface area (Å²) in [5.41, 5.74) is 5.76. The Morgan fingerprint density at radius 2 is 1.56 bits per heavy atom. The van der Waals surface area contributed by atoms with Crippen molar-refractivity contribution in [2.45, 2.75) is 70.7 Å². The van der Waals surface area contributed by atoms with Crippen molar-refractivity contribution in [1.29, 1.82) is 0 Å². The number of anilines is 1. The van der Waals surface area contributed by atoms with Crippen LogP contribution in [-0.4, -0.2) is 67.6 Å². The summed E-state index contributed by atoms with van der Waals surface area (Å²) in [7, 11) is 0. The van der Waals surface area contributed by atoms with Gasteiger partial charge in [-0.1, -0.05) is 54.6 Å². The van der Waals surface area contributed by atoms with Crippen LogP contribution in [0.25, 0.3) is 33.4 Å². The van der Waals surface area contributed by atoms with Crippen LogP contribution in [0.1, 0.15) is 63.9 Å². The van der Waals surface area contributed by atoms with Gasteiger partial charge in [-0.25, -0.2) is 14.6 Å². The highest BCUT2D eigenvalue weighted by atomic mass is 16.6. The number of imidazole rings is 1. The van der Waals surface area contributed by atoms with Gasteiger partial charge in [-0.2, -0.15) is 0 Å². The minimum absolute atomic E-state index is 0.158. The molecule has 3 amide bonds. The number of H-pyrrole nitrogens is 2. The summed E-state index contributed by atoms with van der Waals surface area (Å²) in [5.74, 6) is 0.534. The number of ether oxygens (including phenoxy) is 2. The van der Waals surface area contributed by atoms with E-state index in [4.69, 9.17) is 9.47 Å². The van der Waals surface area contributed by atoms with Gasteiger partial charge in [-0.15, -0.1) is 0 Å². The van der Waals surface area contributed by atoms with Crippen molar-refractivity contribution in [3.8, 4) is 22.5 Å². The number of nitrogens with one attached hydrogen (secondary N) is 3. The van der Waals surface area contributed by atoms with Gasteiger partial charge in [0.1, 0.15) is 24.1 Å². The normalized spacial score (nSPS) is 17.7. The predicted octanol–water partition coefficient (Wildman–Crippen LogP) is 8.04. The fourth-order valence-corrected chi connectivity index (χ4v) is 6.72. The number of carbonyl (C=O) groups is 3. The highest BCUT2D eigenvalue weighted by Gasteiger charge is 2.37. The molecule has 2 aromatic heterocycles. The van der Waals surface area contributed by atoms with Crippen LogP contribution in [0.2, 0.25) is 0 Å². The lowest BCUT2D eigenvalue weighted by molar-refractivity contribution is -0.120. The lowest BCUT2D eigenvalue weighted by Crippen LogP contribution is -2.45. The van der Waals surface area contributed by atoms with E-state index in [0.29, 0.717) is 25.2 Å². The summed E-state index contributed by atoms with van der Waals surface area (Å²) in [5, 5.41) is 3.96. The smallest absolute Gasteiger partial charge is 0.410 e. The molecule has 3 N–H and O–H groups in total. The Labute approximate surface area is 291 Å². The van der Waals surface area contributed by atoms with Crippen LogP contribution in [0.15, 0.2) is 85.1 Å². The zero-order valence-electron chi connectivity index (χ0n) is 28.6. The van der Waals surface area contributed by atoms with Crippen molar-refractivity contribution in [3.63, 3.8) is 0 Å². The number of hydrogen-bond acceptors (Lipinski definition) is 6. The molecule has 4 heterocycles. The second-order valence-corrected chi connectivity index (χ2v) is 14.0. The number of hydrogen-bond donors (Lipinski definition) is 3. The first-order valence-corrected chi connectivity index (χ1v) is 17.2. The van der Waals surface area contributed by atoms with Crippen molar-refractivity contribution < 1.29 is 23.9 Å². The maximum Gasteiger partial charge on any atom is 0.410 e. The first-order valence-electron chi connectivity index (χ1n) is 17.2. The van der Waals surface area contributed by atoms with Gasteiger partial charge in [0, 0.05) is 35.4 Å². The fourth-order valence-electron chi connectivity index (χ4n) is 6.72. The molecule has 11 nitrogen and oxygen atoms in total. The Morgan fingerprint density at radius 1 is 0.840 bits per heavy atom. The second kappa shape index (κ2) is 13.7. The van der Waals surface area contributed by atoms with Crippen LogP contribution in [0.5, 0.6) is 0 Å². The number of amides is 3. The molecule has 258 valence electrons. The molecule has 2 aliphatic rings. The third kappa shape index (κ3) is 7.22. The van der Waals surface area contributed by atoms with Crippen LogP contribution >= 0.6 is 0 Å². The van der Waals surface area contributed by atoms with Gasteiger partial charge in [0.15, 0.2) is 0 Å². The number of rotatable bonds is 7. The summed E-state index contributed by atoms with van der Waals surface area (Å²) in [6, 6.07) is 24.9. The molecule has 0 saturated carbocycles. The topological polar surface area (TPSA) is 133 Å². The number of benzene rings is 3. The van der Waals surface area contributed by atoms with E-state index in [1.807, 2.05) is 87.6 Å². The molecular weight excluding hydrogens is 632 g/mol. The molecular formula is C39H42N6O5. The molecule has 0 aliphatic carbocycles. The SMILES string of the molecule is CC(C)(C)OC(=O)N1CCC[C@H]1C(=O)Nc1ccc2[nH]c(-c3ccc(-c4cnc([C@@H]5CCCN5C(=O)OCc5ccccc5)[nH]4)cc3)cc2c1. The van der Waals surface area contributed by atoms with Crippen LogP contribution in [0.3, 0.4) is 0 Å².